The van der Waals surface area contributed by atoms with Crippen LogP contribution in [0.2, 0.25) is 0 Å². The highest BCUT2D eigenvalue weighted by Crippen LogP contribution is 2.26. The Labute approximate surface area is 118 Å². The number of ether oxygens (including phenoxy) is 1. The van der Waals surface area contributed by atoms with E-state index in [9.17, 15) is 8.60 Å². The maximum atomic E-state index is 13.4. The van der Waals surface area contributed by atoms with Gasteiger partial charge < -0.3 is 4.74 Å². The van der Waals surface area contributed by atoms with Gasteiger partial charge in [-0.15, -0.1) is 0 Å². The third-order valence-electron chi connectivity index (χ3n) is 2.54. The summed E-state index contributed by atoms with van der Waals surface area (Å²) in [6.07, 6.45) is 0. The van der Waals surface area contributed by atoms with E-state index in [4.69, 9.17) is 10.00 Å². The van der Waals surface area contributed by atoms with E-state index in [0.717, 1.165) is 5.56 Å². The monoisotopic (exact) mass is 288 g/mol. The molecule has 0 aliphatic rings. The van der Waals surface area contributed by atoms with Gasteiger partial charge in [-0.3, -0.25) is 0 Å². The van der Waals surface area contributed by atoms with Crippen LogP contribution in [0.1, 0.15) is 11.1 Å². The average molecular weight is 288 g/mol. The molecule has 4 nitrogen and oxygen atoms in total. The molecule has 20 heavy (non-hydrogen) atoms. The van der Waals surface area contributed by atoms with Crippen molar-refractivity contribution in [3.8, 4) is 17.6 Å². The minimum Gasteiger partial charge on any atom is -0.456 e. The zero-order valence-electron chi connectivity index (χ0n) is 10.2. The SMILES string of the molecule is N#Cc1c(F)cccc1Oc1ccc(CN=S=O)cc1. The third-order valence-corrected chi connectivity index (χ3v) is 2.77. The molecule has 0 saturated heterocycles. The van der Waals surface area contributed by atoms with Crippen molar-refractivity contribution >= 4 is 11.5 Å². The largest absolute Gasteiger partial charge is 0.456 e. The first-order valence-electron chi connectivity index (χ1n) is 5.66. The zero-order valence-corrected chi connectivity index (χ0v) is 11.1. The molecule has 0 bridgehead atoms. The van der Waals surface area contributed by atoms with E-state index in [-0.39, 0.29) is 22.8 Å². The van der Waals surface area contributed by atoms with Crippen molar-refractivity contribution < 1.29 is 13.3 Å². The van der Waals surface area contributed by atoms with Crippen molar-refractivity contribution in [1.82, 2.24) is 0 Å². The van der Waals surface area contributed by atoms with Crippen molar-refractivity contribution in [2.45, 2.75) is 6.54 Å². The summed E-state index contributed by atoms with van der Waals surface area (Å²) in [6, 6.07) is 12.8. The topological polar surface area (TPSA) is 62.4 Å². The summed E-state index contributed by atoms with van der Waals surface area (Å²) in [4.78, 5) is 0. The highest BCUT2D eigenvalue weighted by Gasteiger charge is 2.09. The molecule has 0 unspecified atom stereocenters. The van der Waals surface area contributed by atoms with Crippen molar-refractivity contribution in [1.29, 1.82) is 5.26 Å². The summed E-state index contributed by atoms with van der Waals surface area (Å²) < 4.78 is 32.7. The number of benzene rings is 2. The van der Waals surface area contributed by atoms with Crippen LogP contribution in [0, 0.1) is 17.1 Å². The molecule has 2 aromatic rings. The van der Waals surface area contributed by atoms with Crippen LogP contribution in [0.25, 0.3) is 0 Å². The summed E-state index contributed by atoms with van der Waals surface area (Å²) in [7, 11) is 0. The summed E-state index contributed by atoms with van der Waals surface area (Å²) in [5.41, 5.74) is 0.731. The Morgan fingerprint density at radius 1 is 1.25 bits per heavy atom. The second-order valence-electron chi connectivity index (χ2n) is 3.83. The smallest absolute Gasteiger partial charge is 0.199 e. The molecule has 0 amide bonds. The normalized spacial score (nSPS) is 9.60. The lowest BCUT2D eigenvalue weighted by atomic mass is 10.2. The summed E-state index contributed by atoms with van der Waals surface area (Å²) in [6.45, 7) is 0.317. The van der Waals surface area contributed by atoms with Crippen LogP contribution in [0.4, 0.5) is 4.39 Å². The molecule has 0 aromatic heterocycles. The lowest BCUT2D eigenvalue weighted by Gasteiger charge is -2.08. The molecule has 0 saturated carbocycles. The first kappa shape index (κ1) is 13.9. The molecular weight excluding hydrogens is 279 g/mol. The van der Waals surface area contributed by atoms with E-state index >= 15 is 0 Å². The Morgan fingerprint density at radius 2 is 2.00 bits per heavy atom. The number of hydrogen-bond donors (Lipinski definition) is 0. The fraction of sp³-hybridized carbons (Fsp3) is 0.0714. The Morgan fingerprint density at radius 3 is 2.65 bits per heavy atom. The van der Waals surface area contributed by atoms with Crippen molar-refractivity contribution in [3.05, 3.63) is 59.4 Å². The second-order valence-corrected chi connectivity index (χ2v) is 4.24. The van der Waals surface area contributed by atoms with Crippen LogP contribution in [0.15, 0.2) is 46.8 Å². The Hall–Kier alpha value is -2.52. The van der Waals surface area contributed by atoms with Crippen LogP contribution >= 0.6 is 0 Å². The van der Waals surface area contributed by atoms with Crippen LogP contribution in [0.3, 0.4) is 0 Å². The van der Waals surface area contributed by atoms with E-state index in [1.807, 2.05) is 0 Å². The number of rotatable bonds is 4. The van der Waals surface area contributed by atoms with Crippen LogP contribution in [-0.2, 0) is 18.0 Å². The van der Waals surface area contributed by atoms with Gasteiger partial charge in [0.05, 0.1) is 6.54 Å². The molecule has 0 aliphatic carbocycles. The molecule has 0 spiro atoms. The fourth-order valence-electron chi connectivity index (χ4n) is 1.59. The van der Waals surface area contributed by atoms with E-state index in [1.54, 1.807) is 30.3 Å². The molecule has 2 rings (SSSR count). The van der Waals surface area contributed by atoms with Gasteiger partial charge in [-0.1, -0.05) is 18.2 Å². The Balaban J connectivity index is 2.21. The molecule has 100 valence electrons. The molecule has 0 N–H and O–H groups in total. The first-order chi connectivity index (χ1) is 9.74. The Bertz CT molecular complexity index is 704. The van der Waals surface area contributed by atoms with Crippen molar-refractivity contribution in [2.24, 2.45) is 4.36 Å². The molecule has 2 aromatic carbocycles. The van der Waals surface area contributed by atoms with Gasteiger partial charge in [0.2, 0.25) is 0 Å². The predicted molar refractivity (Wildman–Crippen MR) is 71.9 cm³/mol. The van der Waals surface area contributed by atoms with Crippen LogP contribution in [0.5, 0.6) is 11.5 Å². The lowest BCUT2D eigenvalue weighted by Crippen LogP contribution is -1.91. The molecule has 0 heterocycles. The maximum absolute atomic E-state index is 13.4. The van der Waals surface area contributed by atoms with E-state index in [2.05, 4.69) is 4.36 Å². The van der Waals surface area contributed by atoms with Gasteiger partial charge >= 0.3 is 0 Å². The predicted octanol–water partition coefficient (Wildman–Crippen LogP) is 3.39. The highest BCUT2D eigenvalue weighted by molar-refractivity contribution is 7.54. The van der Waals surface area contributed by atoms with Crippen molar-refractivity contribution in [2.75, 3.05) is 0 Å². The third kappa shape index (κ3) is 3.28. The van der Waals surface area contributed by atoms with E-state index < -0.39 is 5.82 Å². The van der Waals surface area contributed by atoms with E-state index in [1.165, 1.54) is 18.2 Å². The van der Waals surface area contributed by atoms with Gasteiger partial charge in [0.15, 0.2) is 11.5 Å². The maximum Gasteiger partial charge on any atom is 0.199 e. The average Bonchev–Trinajstić information content (AvgIpc) is 2.47. The minimum atomic E-state index is -0.618. The zero-order chi connectivity index (χ0) is 14.4. The van der Waals surface area contributed by atoms with Crippen LogP contribution in [-0.4, -0.2) is 4.21 Å². The number of halogens is 1. The first-order valence-corrected chi connectivity index (χ1v) is 6.35. The summed E-state index contributed by atoms with van der Waals surface area (Å²) in [5.74, 6) is 0.0265. The van der Waals surface area contributed by atoms with E-state index in [0.29, 0.717) is 12.3 Å². The molecule has 0 radical (unpaired) electrons. The summed E-state index contributed by atoms with van der Waals surface area (Å²) in [5, 5.41) is 8.90. The standard InChI is InChI=1S/C14H9FN2O2S/c15-13-2-1-3-14(12(13)8-16)19-11-6-4-10(5-7-11)9-17-20-18/h1-7H,9H2. The van der Waals surface area contributed by atoms with Gasteiger partial charge in [-0.25, -0.2) is 4.39 Å². The van der Waals surface area contributed by atoms with Gasteiger partial charge in [0.25, 0.3) is 0 Å². The molecular formula is C14H9FN2O2S. The highest BCUT2D eigenvalue weighted by atomic mass is 32.1. The number of hydrogen-bond acceptors (Lipinski definition) is 4. The molecule has 0 aliphatic heterocycles. The molecule has 0 atom stereocenters. The lowest BCUT2D eigenvalue weighted by molar-refractivity contribution is 0.474. The number of nitriles is 1. The minimum absolute atomic E-state index is 0.130. The second kappa shape index (κ2) is 6.59. The fourth-order valence-corrected chi connectivity index (χ4v) is 1.79. The van der Waals surface area contributed by atoms with Gasteiger partial charge in [0, 0.05) is 0 Å². The molecule has 0 fully saturated rings. The van der Waals surface area contributed by atoms with Gasteiger partial charge in [-0.05, 0) is 29.8 Å². The van der Waals surface area contributed by atoms with Crippen LogP contribution < -0.4 is 4.74 Å². The quantitative estimate of drug-likeness (QED) is 0.866. The summed E-state index contributed by atoms with van der Waals surface area (Å²) >= 11 is 0.176. The van der Waals surface area contributed by atoms with Crippen molar-refractivity contribution in [3.63, 3.8) is 0 Å². The van der Waals surface area contributed by atoms with Gasteiger partial charge in [-0.2, -0.15) is 13.8 Å². The van der Waals surface area contributed by atoms with Gasteiger partial charge in [0.1, 0.15) is 28.9 Å². The molecule has 6 heteroatoms. The Kier molecular flexibility index (Phi) is 4.58. The number of nitrogens with zero attached hydrogens (tertiary/aromatic N) is 2.